The SMILES string of the molecule is CN(/N=C/c1ccc[n+](CCCCS(=O)(=O)O)c1)c1ccccc1. The topological polar surface area (TPSA) is 73.8 Å². The van der Waals surface area contributed by atoms with E-state index in [-0.39, 0.29) is 5.75 Å². The van der Waals surface area contributed by atoms with E-state index in [2.05, 4.69) is 5.10 Å². The number of hydrazone groups is 1. The standard InChI is InChI=1S/C17H21N3O3S/c1-19(17-9-3-2-4-10-17)18-14-16-8-7-12-20(15-16)11-5-6-13-24(21,22)23/h2-4,7-10,12,14-15H,5-6,11,13H2,1H3/p+1/b18-14+. The van der Waals surface area contributed by atoms with Crippen LogP contribution in [0.4, 0.5) is 5.69 Å². The van der Waals surface area contributed by atoms with Gasteiger partial charge in [0.25, 0.3) is 10.1 Å². The van der Waals surface area contributed by atoms with Crippen molar-refractivity contribution in [3.05, 3.63) is 60.4 Å². The molecule has 0 aliphatic carbocycles. The fourth-order valence-electron chi connectivity index (χ4n) is 2.20. The lowest BCUT2D eigenvalue weighted by Gasteiger charge is -2.11. The lowest BCUT2D eigenvalue weighted by Crippen LogP contribution is -2.33. The van der Waals surface area contributed by atoms with E-state index >= 15 is 0 Å². The first-order valence-corrected chi connectivity index (χ1v) is 9.32. The zero-order valence-corrected chi connectivity index (χ0v) is 14.4. The van der Waals surface area contributed by atoms with Gasteiger partial charge in [-0.15, -0.1) is 0 Å². The van der Waals surface area contributed by atoms with E-state index in [0.29, 0.717) is 19.4 Å². The molecule has 6 nitrogen and oxygen atoms in total. The van der Waals surface area contributed by atoms with Crippen LogP contribution >= 0.6 is 0 Å². The highest BCUT2D eigenvalue weighted by molar-refractivity contribution is 7.85. The fraction of sp³-hybridized carbons (Fsp3) is 0.294. The Morgan fingerprint density at radius 1 is 1.17 bits per heavy atom. The molecule has 0 spiro atoms. The van der Waals surface area contributed by atoms with E-state index in [0.717, 1.165) is 11.3 Å². The van der Waals surface area contributed by atoms with Gasteiger partial charge < -0.3 is 0 Å². The van der Waals surface area contributed by atoms with Gasteiger partial charge in [0, 0.05) is 19.5 Å². The van der Waals surface area contributed by atoms with E-state index in [1.165, 1.54) is 0 Å². The maximum atomic E-state index is 10.7. The Kier molecular flexibility index (Phi) is 6.45. The Hall–Kier alpha value is -2.25. The molecule has 0 unspecified atom stereocenters. The van der Waals surface area contributed by atoms with Gasteiger partial charge in [0.15, 0.2) is 12.4 Å². The number of para-hydroxylation sites is 1. The van der Waals surface area contributed by atoms with Crippen LogP contribution < -0.4 is 9.58 Å². The molecule has 0 saturated heterocycles. The molecule has 0 amide bonds. The Labute approximate surface area is 142 Å². The molecule has 24 heavy (non-hydrogen) atoms. The Balaban J connectivity index is 1.91. The number of anilines is 1. The number of aryl methyl sites for hydroxylation is 1. The summed E-state index contributed by atoms with van der Waals surface area (Å²) in [5.74, 6) is -0.198. The zero-order chi connectivity index (χ0) is 17.4. The third-order valence-corrected chi connectivity index (χ3v) is 4.26. The second-order valence-electron chi connectivity index (χ2n) is 5.47. The lowest BCUT2D eigenvalue weighted by atomic mass is 10.3. The van der Waals surface area contributed by atoms with Crippen molar-refractivity contribution < 1.29 is 17.5 Å². The van der Waals surface area contributed by atoms with Gasteiger partial charge >= 0.3 is 0 Å². The molecular formula is C17H22N3O3S+. The first-order chi connectivity index (χ1) is 11.4. The number of nitrogens with zero attached hydrogens (tertiary/aromatic N) is 3. The lowest BCUT2D eigenvalue weighted by molar-refractivity contribution is -0.697. The number of benzene rings is 1. The quantitative estimate of drug-likeness (QED) is 0.261. The molecular weight excluding hydrogens is 326 g/mol. The van der Waals surface area contributed by atoms with Gasteiger partial charge in [0.1, 0.15) is 6.54 Å². The fourth-order valence-corrected chi connectivity index (χ4v) is 2.77. The second kappa shape index (κ2) is 8.56. The predicted molar refractivity (Wildman–Crippen MR) is 94.7 cm³/mol. The molecule has 2 rings (SSSR count). The molecule has 0 fully saturated rings. The summed E-state index contributed by atoms with van der Waals surface area (Å²) < 4.78 is 32.1. The molecule has 2 aromatic rings. The van der Waals surface area contributed by atoms with Crippen LogP contribution in [0.3, 0.4) is 0 Å². The van der Waals surface area contributed by atoms with Crippen molar-refractivity contribution >= 4 is 22.0 Å². The van der Waals surface area contributed by atoms with Crippen molar-refractivity contribution in [1.82, 2.24) is 0 Å². The largest absolute Gasteiger partial charge is 0.286 e. The molecule has 1 aromatic carbocycles. The van der Waals surface area contributed by atoms with E-state index in [9.17, 15) is 8.42 Å². The van der Waals surface area contributed by atoms with E-state index in [4.69, 9.17) is 4.55 Å². The monoisotopic (exact) mass is 348 g/mol. The van der Waals surface area contributed by atoms with Gasteiger partial charge in [-0.2, -0.15) is 13.5 Å². The Morgan fingerprint density at radius 3 is 2.62 bits per heavy atom. The summed E-state index contributed by atoms with van der Waals surface area (Å²) in [6.07, 6.45) is 6.76. The molecule has 0 saturated carbocycles. The van der Waals surface area contributed by atoms with E-state index < -0.39 is 10.1 Å². The molecule has 0 bridgehead atoms. The first kappa shape index (κ1) is 18.1. The van der Waals surface area contributed by atoms with Crippen LogP contribution in [0.15, 0.2) is 60.0 Å². The summed E-state index contributed by atoms with van der Waals surface area (Å²) in [6, 6.07) is 13.7. The van der Waals surface area contributed by atoms with Crippen molar-refractivity contribution in [2.24, 2.45) is 5.10 Å². The number of pyridine rings is 1. The summed E-state index contributed by atoms with van der Waals surface area (Å²) in [6.45, 7) is 0.686. The normalized spacial score (nSPS) is 11.8. The van der Waals surface area contributed by atoms with Crippen LogP contribution in [0.25, 0.3) is 0 Å². The third kappa shape index (κ3) is 6.47. The maximum Gasteiger partial charge on any atom is 0.264 e. The average Bonchev–Trinajstić information content (AvgIpc) is 2.57. The molecule has 128 valence electrons. The minimum absolute atomic E-state index is 0.198. The van der Waals surface area contributed by atoms with Gasteiger partial charge in [-0.05, 0) is 24.6 Å². The minimum atomic E-state index is -3.87. The van der Waals surface area contributed by atoms with Gasteiger partial charge in [-0.1, -0.05) is 18.2 Å². The van der Waals surface area contributed by atoms with Gasteiger partial charge in [0.05, 0.1) is 23.2 Å². The molecule has 7 heteroatoms. The molecule has 1 heterocycles. The second-order valence-corrected chi connectivity index (χ2v) is 7.04. The Bertz CT molecular complexity index is 777. The van der Waals surface area contributed by atoms with Crippen molar-refractivity contribution in [3.63, 3.8) is 0 Å². The summed E-state index contributed by atoms with van der Waals surface area (Å²) in [5.41, 5.74) is 1.96. The zero-order valence-electron chi connectivity index (χ0n) is 13.6. The number of unbranched alkanes of at least 4 members (excludes halogenated alkanes) is 1. The first-order valence-electron chi connectivity index (χ1n) is 7.71. The van der Waals surface area contributed by atoms with Crippen LogP contribution in [0.1, 0.15) is 18.4 Å². The molecule has 0 atom stereocenters. The molecule has 0 aliphatic rings. The summed E-state index contributed by atoms with van der Waals surface area (Å²) >= 11 is 0. The summed E-state index contributed by atoms with van der Waals surface area (Å²) in [5, 5.41) is 6.21. The summed E-state index contributed by atoms with van der Waals surface area (Å²) in [4.78, 5) is 0. The van der Waals surface area contributed by atoms with Crippen LogP contribution in [-0.4, -0.2) is 32.0 Å². The van der Waals surface area contributed by atoms with Crippen molar-refractivity contribution in [2.75, 3.05) is 17.8 Å². The maximum absolute atomic E-state index is 10.7. The highest BCUT2D eigenvalue weighted by Crippen LogP contribution is 2.10. The van der Waals surface area contributed by atoms with Gasteiger partial charge in [-0.25, -0.2) is 4.57 Å². The smallest absolute Gasteiger partial charge is 0.264 e. The van der Waals surface area contributed by atoms with E-state index in [1.54, 1.807) is 11.2 Å². The molecule has 1 N–H and O–H groups in total. The van der Waals surface area contributed by atoms with E-state index in [1.807, 2.05) is 66.5 Å². The van der Waals surface area contributed by atoms with Crippen LogP contribution in [-0.2, 0) is 16.7 Å². The van der Waals surface area contributed by atoms with Gasteiger partial charge in [-0.3, -0.25) is 9.56 Å². The van der Waals surface area contributed by atoms with Crippen molar-refractivity contribution in [2.45, 2.75) is 19.4 Å². The number of rotatable bonds is 8. The number of hydrogen-bond acceptors (Lipinski definition) is 4. The summed E-state index contributed by atoms with van der Waals surface area (Å²) in [7, 11) is -1.98. The van der Waals surface area contributed by atoms with Gasteiger partial charge in [0.2, 0.25) is 0 Å². The average molecular weight is 348 g/mol. The highest BCUT2D eigenvalue weighted by atomic mass is 32.2. The molecule has 0 radical (unpaired) electrons. The van der Waals surface area contributed by atoms with Crippen LogP contribution in [0, 0.1) is 0 Å². The van der Waals surface area contributed by atoms with Crippen molar-refractivity contribution in [3.8, 4) is 0 Å². The van der Waals surface area contributed by atoms with Crippen LogP contribution in [0.2, 0.25) is 0 Å². The van der Waals surface area contributed by atoms with Crippen LogP contribution in [0.5, 0.6) is 0 Å². The van der Waals surface area contributed by atoms with Crippen molar-refractivity contribution in [1.29, 1.82) is 0 Å². The Morgan fingerprint density at radius 2 is 1.92 bits per heavy atom. The molecule has 0 aliphatic heterocycles. The molecule has 1 aromatic heterocycles. The number of hydrogen-bond donors (Lipinski definition) is 1. The minimum Gasteiger partial charge on any atom is -0.286 e. The third-order valence-electron chi connectivity index (χ3n) is 3.46. The number of aromatic nitrogens is 1. The highest BCUT2D eigenvalue weighted by Gasteiger charge is 2.06. The predicted octanol–water partition coefficient (Wildman–Crippen LogP) is 2.11.